The first kappa shape index (κ1) is 28.4. The summed E-state index contributed by atoms with van der Waals surface area (Å²) >= 11 is 0. The number of carbonyl (C=O) groups excluding carboxylic acids is 2. The third-order valence-corrected chi connectivity index (χ3v) is 8.00. The van der Waals surface area contributed by atoms with Crippen LogP contribution >= 0.6 is 8.58 Å². The van der Waals surface area contributed by atoms with Crippen molar-refractivity contribution >= 4 is 32.0 Å². The second-order valence-electron chi connectivity index (χ2n) is 9.45. The Morgan fingerprint density at radius 3 is 2.26 bits per heavy atom. The van der Waals surface area contributed by atoms with Gasteiger partial charge in [0, 0.05) is 18.4 Å². The van der Waals surface area contributed by atoms with Gasteiger partial charge in [-0.25, -0.2) is 18.5 Å². The number of hydrogen-bond acceptors (Lipinski definition) is 5. The molecule has 0 aliphatic carbocycles. The van der Waals surface area contributed by atoms with Crippen LogP contribution in [0.1, 0.15) is 35.6 Å². The highest BCUT2D eigenvalue weighted by molar-refractivity contribution is 7.38. The topological polar surface area (TPSA) is 71.0 Å². The summed E-state index contributed by atoms with van der Waals surface area (Å²) in [7, 11) is 1.97. The minimum atomic E-state index is -0.695. The fraction of sp³-hybridized carbons (Fsp3) is 0.300. The van der Waals surface area contributed by atoms with E-state index in [1.54, 1.807) is 31.3 Å². The number of imide groups is 1. The fourth-order valence-electron chi connectivity index (χ4n) is 4.72. The van der Waals surface area contributed by atoms with Crippen LogP contribution in [0.4, 0.5) is 19.3 Å². The van der Waals surface area contributed by atoms with Gasteiger partial charge >= 0.3 is 6.09 Å². The lowest BCUT2D eigenvalue weighted by Gasteiger charge is -2.32. The summed E-state index contributed by atoms with van der Waals surface area (Å²) in [6, 6.07) is 19.3. The Morgan fingerprint density at radius 1 is 1.05 bits per heavy atom. The van der Waals surface area contributed by atoms with E-state index >= 15 is 0 Å². The molecule has 1 aliphatic heterocycles. The first-order valence-corrected chi connectivity index (χ1v) is 14.4. The molecule has 9 heteroatoms. The third-order valence-electron chi connectivity index (χ3n) is 6.91. The van der Waals surface area contributed by atoms with Gasteiger partial charge in [0.2, 0.25) is 5.91 Å². The highest BCUT2D eigenvalue weighted by atomic mass is 31.1. The van der Waals surface area contributed by atoms with Crippen molar-refractivity contribution < 1.29 is 23.1 Å². The molecule has 39 heavy (non-hydrogen) atoms. The number of nitrogens with one attached hydrogen (secondary N) is 1. The van der Waals surface area contributed by atoms with Gasteiger partial charge in [0.1, 0.15) is 18.2 Å². The molecule has 4 rings (SSSR count). The van der Waals surface area contributed by atoms with Gasteiger partial charge in [0.05, 0.1) is 17.7 Å². The van der Waals surface area contributed by atoms with Crippen LogP contribution in [-0.4, -0.2) is 48.7 Å². The highest BCUT2D eigenvalue weighted by Crippen LogP contribution is 2.36. The van der Waals surface area contributed by atoms with E-state index in [4.69, 9.17) is 4.74 Å². The standard InChI is InChI=1S/C30H32F2N3O3P/c1-19-4-6-21(7-5-19)28(34-24-14-12-23(32)13-15-24)25(29(36)35-27(39-3)18-38-30(35)37)16-17-26(33-2)20-8-10-22(31)11-9-20/h4-15,25,27-28,34,39H,16-18H2,1-3H3. The minimum Gasteiger partial charge on any atom is -0.446 e. The molecule has 0 spiro atoms. The van der Waals surface area contributed by atoms with Crippen molar-refractivity contribution in [2.75, 3.05) is 25.6 Å². The molecule has 4 atom stereocenters. The van der Waals surface area contributed by atoms with Crippen LogP contribution < -0.4 is 5.32 Å². The average Bonchev–Trinajstić information content (AvgIpc) is 3.32. The van der Waals surface area contributed by atoms with Gasteiger partial charge in [0.25, 0.3) is 0 Å². The number of cyclic esters (lactones) is 1. The summed E-state index contributed by atoms with van der Waals surface area (Å²) in [6.45, 7) is 4.09. The molecule has 0 bridgehead atoms. The number of ether oxygens (including phenoxy) is 1. The van der Waals surface area contributed by atoms with Gasteiger partial charge in [-0.2, -0.15) is 0 Å². The smallest absolute Gasteiger partial charge is 0.417 e. The zero-order valence-corrected chi connectivity index (χ0v) is 23.2. The molecular weight excluding hydrogens is 519 g/mol. The first-order valence-electron chi connectivity index (χ1n) is 12.8. The molecule has 204 valence electrons. The van der Waals surface area contributed by atoms with E-state index in [0.717, 1.165) is 22.4 Å². The van der Waals surface area contributed by atoms with Gasteiger partial charge < -0.3 is 10.1 Å². The van der Waals surface area contributed by atoms with Crippen molar-refractivity contribution in [2.24, 2.45) is 10.9 Å². The molecule has 6 nitrogen and oxygen atoms in total. The van der Waals surface area contributed by atoms with E-state index in [2.05, 4.69) is 10.3 Å². The summed E-state index contributed by atoms with van der Waals surface area (Å²) in [5.74, 6) is -2.07. The van der Waals surface area contributed by atoms with Gasteiger partial charge in [-0.05, 0) is 74.0 Å². The molecule has 1 aliphatic rings. The van der Waals surface area contributed by atoms with Crippen molar-refractivity contribution in [3.63, 3.8) is 0 Å². The van der Waals surface area contributed by atoms with Crippen LogP contribution in [0, 0.1) is 24.5 Å². The number of hydrogen-bond donors (Lipinski definition) is 1. The number of carbonyl (C=O) groups is 2. The van der Waals surface area contributed by atoms with Crippen molar-refractivity contribution in [3.8, 4) is 0 Å². The van der Waals surface area contributed by atoms with Gasteiger partial charge in [-0.3, -0.25) is 9.79 Å². The second-order valence-corrected chi connectivity index (χ2v) is 10.7. The number of benzene rings is 3. The molecule has 1 saturated heterocycles. The molecule has 0 radical (unpaired) electrons. The Kier molecular flexibility index (Phi) is 9.41. The lowest BCUT2D eigenvalue weighted by Crippen LogP contribution is -2.44. The summed E-state index contributed by atoms with van der Waals surface area (Å²) < 4.78 is 32.5. The number of aliphatic imine (C=N–C) groups is 1. The summed E-state index contributed by atoms with van der Waals surface area (Å²) in [6.07, 6.45) is 0.115. The normalized spacial score (nSPS) is 17.4. The second kappa shape index (κ2) is 12.9. The van der Waals surface area contributed by atoms with Crippen LogP contribution in [0.2, 0.25) is 0 Å². The molecule has 0 saturated carbocycles. The van der Waals surface area contributed by atoms with E-state index in [9.17, 15) is 18.4 Å². The summed E-state index contributed by atoms with van der Waals surface area (Å²) in [5.41, 5.74) is 4.03. The maximum atomic E-state index is 14.2. The van der Waals surface area contributed by atoms with E-state index in [-0.39, 0.29) is 29.9 Å². The van der Waals surface area contributed by atoms with Crippen LogP contribution in [-0.2, 0) is 9.53 Å². The number of amides is 2. The molecule has 4 unspecified atom stereocenters. The van der Waals surface area contributed by atoms with Crippen LogP contribution in [0.15, 0.2) is 77.8 Å². The SMILES string of the molecule is CN=C(CCC(C(=O)N1C(=O)OCC1PC)C(Nc1ccc(F)cc1)c1ccc(C)cc1)c1ccc(F)cc1. The zero-order chi connectivity index (χ0) is 27.9. The molecule has 0 aromatic heterocycles. The number of aryl methyl sites for hydroxylation is 1. The van der Waals surface area contributed by atoms with E-state index in [1.165, 1.54) is 29.2 Å². The number of nitrogens with zero attached hydrogens (tertiary/aromatic N) is 2. The first-order chi connectivity index (χ1) is 18.8. The predicted octanol–water partition coefficient (Wildman–Crippen LogP) is 6.56. The van der Waals surface area contributed by atoms with Gasteiger partial charge in [-0.15, -0.1) is 0 Å². The molecule has 1 heterocycles. The molecule has 1 fully saturated rings. The molecular formula is C30H32F2N3O3P. The average molecular weight is 552 g/mol. The van der Waals surface area contributed by atoms with Crippen LogP contribution in [0.3, 0.4) is 0 Å². The minimum absolute atomic E-state index is 0.171. The Morgan fingerprint density at radius 2 is 1.67 bits per heavy atom. The van der Waals surface area contributed by atoms with E-state index in [1.807, 2.05) is 37.9 Å². The van der Waals surface area contributed by atoms with Crippen molar-refractivity contribution in [2.45, 2.75) is 31.6 Å². The molecule has 3 aromatic carbocycles. The van der Waals surface area contributed by atoms with Crippen molar-refractivity contribution in [3.05, 3.63) is 101 Å². The lowest BCUT2D eigenvalue weighted by molar-refractivity contribution is -0.133. The molecule has 2 amide bonds. The maximum Gasteiger partial charge on any atom is 0.417 e. The van der Waals surface area contributed by atoms with Crippen LogP contribution in [0.25, 0.3) is 0 Å². The molecule has 1 N–H and O–H groups in total. The lowest BCUT2D eigenvalue weighted by atomic mass is 9.86. The van der Waals surface area contributed by atoms with Gasteiger partial charge in [-0.1, -0.05) is 50.5 Å². The van der Waals surface area contributed by atoms with E-state index < -0.39 is 18.1 Å². The third kappa shape index (κ3) is 6.87. The molecule has 3 aromatic rings. The number of halogens is 2. The number of anilines is 1. The van der Waals surface area contributed by atoms with Crippen molar-refractivity contribution in [1.29, 1.82) is 0 Å². The fourth-order valence-corrected chi connectivity index (χ4v) is 5.47. The zero-order valence-electron chi connectivity index (χ0n) is 22.2. The monoisotopic (exact) mass is 551 g/mol. The van der Waals surface area contributed by atoms with Crippen LogP contribution in [0.5, 0.6) is 0 Å². The quantitative estimate of drug-likeness (QED) is 0.229. The Bertz CT molecular complexity index is 1310. The summed E-state index contributed by atoms with van der Waals surface area (Å²) in [4.78, 5) is 32.5. The van der Waals surface area contributed by atoms with E-state index in [0.29, 0.717) is 27.1 Å². The van der Waals surface area contributed by atoms with Crippen molar-refractivity contribution in [1.82, 2.24) is 4.90 Å². The maximum absolute atomic E-state index is 14.2. The Balaban J connectivity index is 1.73. The Hall–Kier alpha value is -3.64. The Labute approximate surface area is 229 Å². The van der Waals surface area contributed by atoms with Gasteiger partial charge in [0.15, 0.2) is 0 Å². The number of rotatable bonds is 10. The summed E-state index contributed by atoms with van der Waals surface area (Å²) in [5, 5.41) is 3.43. The highest BCUT2D eigenvalue weighted by Gasteiger charge is 2.42. The predicted molar refractivity (Wildman–Crippen MR) is 152 cm³/mol. The largest absolute Gasteiger partial charge is 0.446 e.